The van der Waals surface area contributed by atoms with Gasteiger partial charge in [0.1, 0.15) is 11.3 Å². The first-order chi connectivity index (χ1) is 12.5. The number of rotatable bonds is 6. The minimum Gasteiger partial charge on any atom is -0.497 e. The van der Waals surface area contributed by atoms with Gasteiger partial charge in [0.2, 0.25) is 5.78 Å². The Morgan fingerprint density at radius 2 is 1.92 bits per heavy atom. The van der Waals surface area contributed by atoms with Gasteiger partial charge in [-0.2, -0.15) is 0 Å². The number of furan rings is 1. The van der Waals surface area contributed by atoms with Crippen molar-refractivity contribution in [3.05, 3.63) is 63.8 Å². The van der Waals surface area contributed by atoms with Crippen molar-refractivity contribution in [2.75, 3.05) is 13.7 Å². The van der Waals surface area contributed by atoms with Crippen molar-refractivity contribution >= 4 is 45.9 Å². The van der Waals surface area contributed by atoms with Crippen LogP contribution in [0.25, 0.3) is 11.0 Å². The summed E-state index contributed by atoms with van der Waals surface area (Å²) in [5.41, 5.74) is 1.53. The Balaban J connectivity index is 1.63. The number of hydrogen-bond acceptors (Lipinski definition) is 5. The molecule has 0 N–H and O–H groups in total. The molecule has 0 aliphatic heterocycles. The van der Waals surface area contributed by atoms with Crippen molar-refractivity contribution in [1.29, 1.82) is 0 Å². The zero-order valence-corrected chi connectivity index (χ0v) is 15.3. The largest absolute Gasteiger partial charge is 0.497 e. The number of carbonyl (C=O) groups excluding carboxylic acids is 2. The number of methoxy groups -OCH3 is 1. The molecule has 3 aromatic rings. The van der Waals surface area contributed by atoms with Crippen LogP contribution in [0.2, 0.25) is 10.0 Å². The van der Waals surface area contributed by atoms with E-state index in [4.69, 9.17) is 37.1 Å². The molecule has 1 heterocycles. The lowest BCUT2D eigenvalue weighted by Gasteiger charge is -2.06. The van der Waals surface area contributed by atoms with E-state index < -0.39 is 18.4 Å². The van der Waals surface area contributed by atoms with Gasteiger partial charge in [-0.1, -0.05) is 23.2 Å². The molecule has 0 aliphatic rings. The van der Waals surface area contributed by atoms with Crippen LogP contribution in [-0.4, -0.2) is 25.5 Å². The van der Waals surface area contributed by atoms with Gasteiger partial charge in [-0.3, -0.25) is 9.59 Å². The highest BCUT2D eigenvalue weighted by molar-refractivity contribution is 6.36. The van der Waals surface area contributed by atoms with Crippen LogP contribution in [0.1, 0.15) is 15.9 Å². The molecule has 0 amide bonds. The highest BCUT2D eigenvalue weighted by Gasteiger charge is 2.16. The molecule has 2 aromatic carbocycles. The number of hydrogen-bond donors (Lipinski definition) is 0. The summed E-state index contributed by atoms with van der Waals surface area (Å²) in [4.78, 5) is 24.2. The third-order valence-corrected chi connectivity index (χ3v) is 4.34. The lowest BCUT2D eigenvalue weighted by Crippen LogP contribution is -2.16. The fraction of sp³-hybridized carbons (Fsp3) is 0.158. The van der Waals surface area contributed by atoms with Crippen LogP contribution in [0.15, 0.2) is 47.1 Å². The highest BCUT2D eigenvalue weighted by atomic mass is 35.5. The topological polar surface area (TPSA) is 65.7 Å². The minimum atomic E-state index is -0.540. The Hall–Kier alpha value is -2.50. The van der Waals surface area contributed by atoms with Gasteiger partial charge in [0.05, 0.1) is 24.8 Å². The third-order valence-electron chi connectivity index (χ3n) is 3.79. The van der Waals surface area contributed by atoms with E-state index in [2.05, 4.69) is 0 Å². The fourth-order valence-corrected chi connectivity index (χ4v) is 2.99. The predicted octanol–water partition coefficient (Wildman–Crippen LogP) is 4.72. The summed E-state index contributed by atoms with van der Waals surface area (Å²) in [6.45, 7) is -0.399. The molecule has 3 rings (SSSR count). The first-order valence-corrected chi connectivity index (χ1v) is 8.41. The lowest BCUT2D eigenvalue weighted by atomic mass is 10.1. The van der Waals surface area contributed by atoms with Crippen molar-refractivity contribution in [2.45, 2.75) is 6.42 Å². The van der Waals surface area contributed by atoms with Gasteiger partial charge in [0.15, 0.2) is 6.61 Å². The van der Waals surface area contributed by atoms with Crippen molar-refractivity contribution in [2.24, 2.45) is 0 Å². The van der Waals surface area contributed by atoms with E-state index in [1.54, 1.807) is 31.4 Å². The number of ketones is 1. The molecule has 26 heavy (non-hydrogen) atoms. The van der Waals surface area contributed by atoms with E-state index in [0.29, 0.717) is 21.9 Å². The van der Waals surface area contributed by atoms with Gasteiger partial charge in [0.25, 0.3) is 0 Å². The molecule has 5 nitrogen and oxygen atoms in total. The Morgan fingerprint density at radius 1 is 1.12 bits per heavy atom. The second-order valence-electron chi connectivity index (χ2n) is 5.51. The highest BCUT2D eigenvalue weighted by Crippen LogP contribution is 2.26. The van der Waals surface area contributed by atoms with Crippen LogP contribution in [0.4, 0.5) is 0 Å². The van der Waals surface area contributed by atoms with E-state index in [-0.39, 0.29) is 17.0 Å². The molecule has 0 radical (unpaired) electrons. The summed E-state index contributed by atoms with van der Waals surface area (Å²) in [5, 5.41) is 1.43. The molecule has 0 aliphatic carbocycles. The van der Waals surface area contributed by atoms with Crippen LogP contribution in [0.3, 0.4) is 0 Å². The molecule has 0 spiro atoms. The number of ether oxygens (including phenoxy) is 2. The molecule has 0 fully saturated rings. The molecule has 134 valence electrons. The van der Waals surface area contributed by atoms with E-state index in [1.807, 2.05) is 0 Å². The van der Waals surface area contributed by atoms with Crippen LogP contribution in [-0.2, 0) is 16.0 Å². The normalized spacial score (nSPS) is 10.7. The monoisotopic (exact) mass is 392 g/mol. The van der Waals surface area contributed by atoms with Gasteiger partial charge < -0.3 is 13.9 Å². The number of esters is 1. The molecule has 0 saturated carbocycles. The first kappa shape index (κ1) is 18.3. The van der Waals surface area contributed by atoms with Crippen molar-refractivity contribution < 1.29 is 23.5 Å². The summed E-state index contributed by atoms with van der Waals surface area (Å²) in [6.07, 6.45) is 1.48. The van der Waals surface area contributed by atoms with Gasteiger partial charge in [-0.25, -0.2) is 0 Å². The fourth-order valence-electron chi connectivity index (χ4n) is 2.47. The Bertz CT molecular complexity index is 977. The summed E-state index contributed by atoms with van der Waals surface area (Å²) >= 11 is 11.8. The van der Waals surface area contributed by atoms with Crippen LogP contribution in [0.5, 0.6) is 5.75 Å². The maximum atomic E-state index is 12.1. The maximum absolute atomic E-state index is 12.1. The van der Waals surface area contributed by atoms with Crippen molar-refractivity contribution in [1.82, 2.24) is 0 Å². The predicted molar refractivity (Wildman–Crippen MR) is 98.2 cm³/mol. The lowest BCUT2D eigenvalue weighted by molar-refractivity contribution is -0.141. The molecule has 0 unspecified atom stereocenters. The van der Waals surface area contributed by atoms with Crippen LogP contribution in [0, 0.1) is 0 Å². The quantitative estimate of drug-likeness (QED) is 0.448. The second-order valence-corrected chi connectivity index (χ2v) is 6.35. The van der Waals surface area contributed by atoms with Crippen molar-refractivity contribution in [3.8, 4) is 5.75 Å². The molecular weight excluding hydrogens is 379 g/mol. The maximum Gasteiger partial charge on any atom is 0.310 e. The van der Waals surface area contributed by atoms with E-state index in [9.17, 15) is 9.59 Å². The molecule has 0 bridgehead atoms. The summed E-state index contributed by atoms with van der Waals surface area (Å²) in [6, 6.07) is 9.82. The Labute approximate surface area is 159 Å². The van der Waals surface area contributed by atoms with Crippen molar-refractivity contribution in [3.63, 3.8) is 0 Å². The van der Waals surface area contributed by atoms with E-state index >= 15 is 0 Å². The Kier molecular flexibility index (Phi) is 5.49. The van der Waals surface area contributed by atoms with Crippen LogP contribution >= 0.6 is 23.2 Å². The molecule has 0 atom stereocenters. The van der Waals surface area contributed by atoms with E-state index in [1.165, 1.54) is 18.4 Å². The third kappa shape index (κ3) is 4.00. The van der Waals surface area contributed by atoms with Gasteiger partial charge >= 0.3 is 5.97 Å². The standard InChI is InChI=1S/C19H14Cl2O5/c1-24-13-3-5-14-11(9-25-18(14)8-13)6-19(23)26-10-17(22)15-4-2-12(20)7-16(15)21/h2-5,7-9H,6,10H2,1H3. The zero-order valence-electron chi connectivity index (χ0n) is 13.8. The molecule has 0 saturated heterocycles. The van der Waals surface area contributed by atoms with Gasteiger partial charge in [0, 0.05) is 27.6 Å². The smallest absolute Gasteiger partial charge is 0.310 e. The van der Waals surface area contributed by atoms with E-state index in [0.717, 1.165) is 5.39 Å². The summed E-state index contributed by atoms with van der Waals surface area (Å²) in [7, 11) is 1.56. The number of fused-ring (bicyclic) bond motifs is 1. The molecular formula is C19H14Cl2O5. The van der Waals surface area contributed by atoms with Crippen LogP contribution < -0.4 is 4.74 Å². The second kappa shape index (κ2) is 7.81. The average Bonchev–Trinajstić information content (AvgIpc) is 3.01. The number of halogens is 2. The average molecular weight is 393 g/mol. The van der Waals surface area contributed by atoms with Gasteiger partial charge in [-0.15, -0.1) is 0 Å². The summed E-state index contributed by atoms with van der Waals surface area (Å²) in [5.74, 6) is -0.282. The minimum absolute atomic E-state index is 0.0129. The summed E-state index contributed by atoms with van der Waals surface area (Å²) < 4.78 is 15.6. The molecule has 1 aromatic heterocycles. The Morgan fingerprint density at radius 3 is 2.65 bits per heavy atom. The molecule has 7 heteroatoms. The number of carbonyl (C=O) groups is 2. The first-order valence-electron chi connectivity index (χ1n) is 7.66. The van der Waals surface area contributed by atoms with Gasteiger partial charge in [-0.05, 0) is 30.3 Å². The number of Topliss-reactive ketones (excluding diaryl/α,β-unsaturated/α-hetero) is 1. The zero-order chi connectivity index (χ0) is 18.7. The SMILES string of the molecule is COc1ccc2c(CC(=O)OCC(=O)c3ccc(Cl)cc3Cl)coc2c1. The number of benzene rings is 2.